The number of nitrogens with two attached hydrogens (primary N) is 1. The van der Waals surface area contributed by atoms with Crippen molar-refractivity contribution in [2.45, 2.75) is 29.9 Å². The van der Waals surface area contributed by atoms with E-state index in [1.165, 1.54) is 4.90 Å². The molecule has 2 rings (SSSR count). The third kappa shape index (κ3) is 4.95. The van der Waals surface area contributed by atoms with Crippen molar-refractivity contribution in [3.8, 4) is 0 Å². The molecule has 1 aromatic rings. The summed E-state index contributed by atoms with van der Waals surface area (Å²) >= 11 is 1.87. The van der Waals surface area contributed by atoms with E-state index in [2.05, 4.69) is 12.1 Å². The minimum absolute atomic E-state index is 0.385. The van der Waals surface area contributed by atoms with Gasteiger partial charge >= 0.3 is 0 Å². The van der Waals surface area contributed by atoms with E-state index in [9.17, 15) is 4.39 Å². The van der Waals surface area contributed by atoms with Gasteiger partial charge in [-0.2, -0.15) is 0 Å². The van der Waals surface area contributed by atoms with Crippen molar-refractivity contribution < 1.29 is 13.9 Å². The van der Waals surface area contributed by atoms with Gasteiger partial charge in [0.05, 0.1) is 12.1 Å². The molecule has 2 N–H and O–H groups in total. The van der Waals surface area contributed by atoms with Crippen molar-refractivity contribution in [2.75, 3.05) is 32.8 Å². The van der Waals surface area contributed by atoms with Crippen LogP contribution in [0.4, 0.5) is 4.39 Å². The van der Waals surface area contributed by atoms with Gasteiger partial charge in [0.1, 0.15) is 6.67 Å². The molecule has 1 aliphatic heterocycles. The van der Waals surface area contributed by atoms with Gasteiger partial charge in [-0.15, -0.1) is 11.8 Å². The smallest absolute Gasteiger partial charge is 0.107 e. The molecule has 1 aromatic carbocycles. The molecule has 21 heavy (non-hydrogen) atoms. The number of benzene rings is 1. The molecular formula is C16H24FNO2S. The molecule has 0 aromatic heterocycles. The fourth-order valence-corrected chi connectivity index (χ4v) is 3.61. The zero-order valence-electron chi connectivity index (χ0n) is 12.5. The first-order chi connectivity index (χ1) is 10.2. The average molecular weight is 313 g/mol. The van der Waals surface area contributed by atoms with E-state index in [1.807, 2.05) is 23.9 Å². The highest BCUT2D eigenvalue weighted by atomic mass is 32.2. The summed E-state index contributed by atoms with van der Waals surface area (Å²) in [6.45, 7) is 1.19. The van der Waals surface area contributed by atoms with Gasteiger partial charge in [-0.1, -0.05) is 12.1 Å². The Morgan fingerprint density at radius 1 is 1.33 bits per heavy atom. The maximum atomic E-state index is 12.7. The SMILES string of the molecule is CO[C@H](c1ccc(SCC2CCOCC2)cc1)[C@H](N)CF. The second-order valence-electron chi connectivity index (χ2n) is 5.41. The van der Waals surface area contributed by atoms with E-state index < -0.39 is 12.7 Å². The molecule has 1 saturated heterocycles. The van der Waals surface area contributed by atoms with Crippen molar-refractivity contribution in [2.24, 2.45) is 11.7 Å². The molecule has 1 fully saturated rings. The standard InChI is InChI=1S/C16H24FNO2S/c1-19-16(15(18)10-17)13-2-4-14(5-3-13)21-11-12-6-8-20-9-7-12/h2-5,12,15-16H,6-11,18H2,1H3/t15-,16-/m1/s1. The number of hydrogen-bond donors (Lipinski definition) is 1. The van der Waals surface area contributed by atoms with Gasteiger partial charge in [0, 0.05) is 31.0 Å². The fourth-order valence-electron chi connectivity index (χ4n) is 2.52. The van der Waals surface area contributed by atoms with Crippen LogP contribution in [0.3, 0.4) is 0 Å². The summed E-state index contributed by atoms with van der Waals surface area (Å²) in [6.07, 6.45) is 1.93. The number of rotatable bonds is 7. The van der Waals surface area contributed by atoms with Crippen LogP contribution in [0.1, 0.15) is 24.5 Å². The summed E-state index contributed by atoms with van der Waals surface area (Å²) < 4.78 is 23.4. The molecule has 0 amide bonds. The second-order valence-corrected chi connectivity index (χ2v) is 6.50. The monoisotopic (exact) mass is 313 g/mol. The summed E-state index contributed by atoms with van der Waals surface area (Å²) in [6, 6.07) is 7.48. The van der Waals surface area contributed by atoms with Gasteiger partial charge in [0.15, 0.2) is 0 Å². The summed E-state index contributed by atoms with van der Waals surface area (Å²) in [5.74, 6) is 1.87. The normalized spacial score (nSPS) is 19.4. The summed E-state index contributed by atoms with van der Waals surface area (Å²) in [4.78, 5) is 1.23. The number of hydrogen-bond acceptors (Lipinski definition) is 4. The molecule has 2 atom stereocenters. The predicted octanol–water partition coefficient (Wildman–Crippen LogP) is 3.19. The lowest BCUT2D eigenvalue weighted by molar-refractivity contribution is 0.0720. The molecule has 3 nitrogen and oxygen atoms in total. The Kier molecular flexibility index (Phi) is 6.96. The Balaban J connectivity index is 1.88. The molecule has 0 aliphatic carbocycles. The topological polar surface area (TPSA) is 44.5 Å². The molecule has 1 heterocycles. The van der Waals surface area contributed by atoms with E-state index >= 15 is 0 Å². The molecule has 0 radical (unpaired) electrons. The molecule has 118 valence electrons. The van der Waals surface area contributed by atoms with Crippen LogP contribution in [0.5, 0.6) is 0 Å². The average Bonchev–Trinajstić information content (AvgIpc) is 2.55. The lowest BCUT2D eigenvalue weighted by Crippen LogP contribution is -2.31. The predicted molar refractivity (Wildman–Crippen MR) is 84.4 cm³/mol. The first-order valence-electron chi connectivity index (χ1n) is 7.39. The number of alkyl halides is 1. The quantitative estimate of drug-likeness (QED) is 0.785. The highest BCUT2D eigenvalue weighted by Gasteiger charge is 2.19. The van der Waals surface area contributed by atoms with Crippen molar-refractivity contribution in [1.82, 2.24) is 0 Å². The van der Waals surface area contributed by atoms with Crippen LogP contribution < -0.4 is 5.73 Å². The number of ether oxygens (including phenoxy) is 2. The molecular weight excluding hydrogens is 289 g/mol. The molecule has 0 bridgehead atoms. The van der Waals surface area contributed by atoms with Crippen molar-refractivity contribution in [1.29, 1.82) is 0 Å². The van der Waals surface area contributed by atoms with E-state index in [-0.39, 0.29) is 6.10 Å². The number of halogens is 1. The van der Waals surface area contributed by atoms with Gasteiger partial charge in [0.2, 0.25) is 0 Å². The van der Waals surface area contributed by atoms with Crippen molar-refractivity contribution in [3.63, 3.8) is 0 Å². The third-order valence-corrected chi connectivity index (χ3v) is 5.10. The van der Waals surface area contributed by atoms with Crippen molar-refractivity contribution in [3.05, 3.63) is 29.8 Å². The summed E-state index contributed by atoms with van der Waals surface area (Å²) in [5.41, 5.74) is 6.67. The van der Waals surface area contributed by atoms with Crippen LogP contribution in [0.2, 0.25) is 0 Å². The van der Waals surface area contributed by atoms with Crippen molar-refractivity contribution >= 4 is 11.8 Å². The van der Waals surface area contributed by atoms with Crippen LogP contribution in [-0.4, -0.2) is 38.8 Å². The van der Waals surface area contributed by atoms with E-state index in [0.717, 1.165) is 43.3 Å². The summed E-state index contributed by atoms with van der Waals surface area (Å²) in [7, 11) is 1.56. The van der Waals surface area contributed by atoms with Gasteiger partial charge < -0.3 is 15.2 Å². The molecule has 0 saturated carbocycles. The van der Waals surface area contributed by atoms with Gasteiger partial charge in [0.25, 0.3) is 0 Å². The highest BCUT2D eigenvalue weighted by Crippen LogP contribution is 2.28. The third-order valence-electron chi connectivity index (χ3n) is 3.86. The maximum absolute atomic E-state index is 12.7. The van der Waals surface area contributed by atoms with Crippen LogP contribution in [0, 0.1) is 5.92 Å². The zero-order chi connectivity index (χ0) is 15.1. The first kappa shape index (κ1) is 16.7. The van der Waals surface area contributed by atoms with Crippen LogP contribution in [-0.2, 0) is 9.47 Å². The number of thioether (sulfide) groups is 1. The molecule has 0 unspecified atom stereocenters. The molecule has 1 aliphatic rings. The van der Waals surface area contributed by atoms with Crippen LogP contribution in [0.25, 0.3) is 0 Å². The van der Waals surface area contributed by atoms with Gasteiger partial charge in [-0.3, -0.25) is 0 Å². The lowest BCUT2D eigenvalue weighted by atomic mass is 10.0. The maximum Gasteiger partial charge on any atom is 0.107 e. The highest BCUT2D eigenvalue weighted by molar-refractivity contribution is 7.99. The zero-order valence-corrected chi connectivity index (χ0v) is 13.3. The number of methoxy groups -OCH3 is 1. The minimum atomic E-state index is -0.615. The second kappa shape index (κ2) is 8.73. The fraction of sp³-hybridized carbons (Fsp3) is 0.625. The van der Waals surface area contributed by atoms with E-state index in [4.69, 9.17) is 15.2 Å². The Labute approximate surface area is 130 Å². The van der Waals surface area contributed by atoms with Crippen LogP contribution >= 0.6 is 11.8 Å². The van der Waals surface area contributed by atoms with Gasteiger partial charge in [-0.25, -0.2) is 4.39 Å². The largest absolute Gasteiger partial charge is 0.381 e. The lowest BCUT2D eigenvalue weighted by Gasteiger charge is -2.22. The first-order valence-corrected chi connectivity index (χ1v) is 8.38. The van der Waals surface area contributed by atoms with Crippen LogP contribution in [0.15, 0.2) is 29.2 Å². The molecule has 0 spiro atoms. The van der Waals surface area contributed by atoms with Gasteiger partial charge in [-0.05, 0) is 36.5 Å². The Bertz CT molecular complexity index is 409. The Morgan fingerprint density at radius 2 is 2.00 bits per heavy atom. The van der Waals surface area contributed by atoms with E-state index in [0.29, 0.717) is 0 Å². The van der Waals surface area contributed by atoms with E-state index in [1.54, 1.807) is 7.11 Å². The molecule has 5 heteroatoms. The summed E-state index contributed by atoms with van der Waals surface area (Å²) in [5, 5.41) is 0. The Hall–Kier alpha value is -0.620. The minimum Gasteiger partial charge on any atom is -0.381 e. The Morgan fingerprint density at radius 3 is 2.57 bits per heavy atom.